The topological polar surface area (TPSA) is 73.1 Å². The zero-order valence-corrected chi connectivity index (χ0v) is 17.6. The van der Waals surface area contributed by atoms with Gasteiger partial charge in [0.1, 0.15) is 5.75 Å². The molecule has 0 radical (unpaired) electrons. The quantitative estimate of drug-likeness (QED) is 0.461. The Bertz CT molecular complexity index is 872. The molecule has 160 valence electrons. The molecule has 2 heterocycles. The van der Waals surface area contributed by atoms with Gasteiger partial charge in [-0.1, -0.05) is 25.3 Å². The monoisotopic (exact) mass is 409 g/mol. The average Bonchev–Trinajstić information content (AvgIpc) is 3.25. The zero-order chi connectivity index (χ0) is 20.8. The molecule has 1 aliphatic carbocycles. The van der Waals surface area contributed by atoms with Crippen molar-refractivity contribution in [2.24, 2.45) is 0 Å². The van der Waals surface area contributed by atoms with E-state index in [2.05, 4.69) is 32.9 Å². The minimum atomic E-state index is 0.159. The van der Waals surface area contributed by atoms with Gasteiger partial charge in [0.2, 0.25) is 5.91 Å². The highest BCUT2D eigenvalue weighted by atomic mass is 16.5. The number of benzene rings is 1. The average molecular weight is 410 g/mol. The highest BCUT2D eigenvalue weighted by molar-refractivity contribution is 5.96. The first-order chi connectivity index (χ1) is 14.8. The molecule has 0 unspecified atom stereocenters. The van der Waals surface area contributed by atoms with Crippen LogP contribution in [-0.2, 0) is 17.6 Å². The molecule has 1 aromatic carbocycles. The number of hydrogen-bond donors (Lipinski definition) is 0. The Morgan fingerprint density at radius 1 is 1.17 bits per heavy atom. The molecule has 0 spiro atoms. The molecule has 1 saturated carbocycles. The maximum Gasteiger partial charge on any atom is 0.227 e. The fraction of sp³-hybridized carbons (Fsp3) is 0.565. The van der Waals surface area contributed by atoms with Crippen LogP contribution in [0.4, 0.5) is 5.69 Å². The summed E-state index contributed by atoms with van der Waals surface area (Å²) in [4.78, 5) is 13.9. The Morgan fingerprint density at radius 2 is 2.03 bits per heavy atom. The van der Waals surface area contributed by atoms with E-state index in [1.807, 2.05) is 12.1 Å². The van der Waals surface area contributed by atoms with E-state index in [9.17, 15) is 4.79 Å². The van der Waals surface area contributed by atoms with Crippen LogP contribution >= 0.6 is 0 Å². The van der Waals surface area contributed by atoms with Crippen molar-refractivity contribution >= 4 is 11.6 Å². The smallest absolute Gasteiger partial charge is 0.227 e. The lowest BCUT2D eigenvalue weighted by Crippen LogP contribution is -2.35. The molecule has 7 heteroatoms. The van der Waals surface area contributed by atoms with E-state index < -0.39 is 0 Å². The predicted octanol–water partition coefficient (Wildman–Crippen LogP) is 4.05. The molecule has 7 nitrogen and oxygen atoms in total. The van der Waals surface area contributed by atoms with Gasteiger partial charge in [0, 0.05) is 25.1 Å². The third kappa shape index (κ3) is 4.71. The van der Waals surface area contributed by atoms with Gasteiger partial charge in [0.15, 0.2) is 5.82 Å². The molecule has 2 aliphatic rings. The Morgan fingerprint density at radius 3 is 2.87 bits per heavy atom. The molecular formula is C23H31N5O2. The van der Waals surface area contributed by atoms with Gasteiger partial charge in [0.05, 0.1) is 12.6 Å². The molecule has 1 amide bonds. The summed E-state index contributed by atoms with van der Waals surface area (Å²) >= 11 is 0. The zero-order valence-electron chi connectivity index (χ0n) is 17.6. The molecule has 30 heavy (non-hydrogen) atoms. The third-order valence-electron chi connectivity index (χ3n) is 6.11. The lowest BCUT2D eigenvalue weighted by atomic mass is 9.95. The lowest BCUT2D eigenvalue weighted by Gasteiger charge is -2.28. The maximum atomic E-state index is 12.1. The van der Waals surface area contributed by atoms with Crippen LogP contribution in [0.3, 0.4) is 0 Å². The van der Waals surface area contributed by atoms with Gasteiger partial charge in [0.25, 0.3) is 0 Å². The predicted molar refractivity (Wildman–Crippen MR) is 116 cm³/mol. The maximum absolute atomic E-state index is 12.1. The van der Waals surface area contributed by atoms with Crippen LogP contribution in [0.25, 0.3) is 0 Å². The second-order valence-electron chi connectivity index (χ2n) is 8.22. The van der Waals surface area contributed by atoms with Crippen LogP contribution in [-0.4, -0.2) is 39.3 Å². The minimum absolute atomic E-state index is 0.159. The molecule has 1 aromatic heterocycles. The molecule has 0 atom stereocenters. The van der Waals surface area contributed by atoms with Crippen molar-refractivity contribution in [2.75, 3.05) is 18.1 Å². The Labute approximate surface area is 178 Å². The third-order valence-corrected chi connectivity index (χ3v) is 6.11. The fourth-order valence-corrected chi connectivity index (χ4v) is 4.52. The fourth-order valence-electron chi connectivity index (χ4n) is 4.52. The van der Waals surface area contributed by atoms with Crippen molar-refractivity contribution in [3.8, 4) is 5.75 Å². The van der Waals surface area contributed by atoms with E-state index in [1.165, 1.54) is 37.7 Å². The molecule has 0 N–H and O–H groups in total. The number of nitrogens with zero attached hydrogens (tertiary/aromatic N) is 5. The number of fused-ring (bicyclic) bond motifs is 1. The van der Waals surface area contributed by atoms with Crippen molar-refractivity contribution in [1.29, 1.82) is 0 Å². The Kier molecular flexibility index (Phi) is 6.77. The van der Waals surface area contributed by atoms with Crippen LogP contribution in [0.5, 0.6) is 5.75 Å². The summed E-state index contributed by atoms with van der Waals surface area (Å²) in [7, 11) is 0. The summed E-state index contributed by atoms with van der Waals surface area (Å²) in [6.45, 7) is 4.97. The number of unbranched alkanes of at least 4 members (excludes halogenated alkanes) is 1. The number of aromatic nitrogens is 4. The Hall–Kier alpha value is -2.70. The van der Waals surface area contributed by atoms with Crippen LogP contribution in [0, 0.1) is 0 Å². The van der Waals surface area contributed by atoms with E-state index in [0.29, 0.717) is 25.6 Å². The largest absolute Gasteiger partial charge is 0.494 e. The molecule has 2 aromatic rings. The molecular weight excluding hydrogens is 378 g/mol. The highest BCUT2D eigenvalue weighted by Crippen LogP contribution is 2.31. The first-order valence-electron chi connectivity index (χ1n) is 11.2. The number of hydrogen-bond acceptors (Lipinski definition) is 5. The minimum Gasteiger partial charge on any atom is -0.494 e. The first-order valence-corrected chi connectivity index (χ1v) is 11.2. The van der Waals surface area contributed by atoms with Gasteiger partial charge in [-0.05, 0) is 66.3 Å². The van der Waals surface area contributed by atoms with E-state index in [4.69, 9.17) is 4.74 Å². The number of amides is 1. The molecule has 0 saturated heterocycles. The van der Waals surface area contributed by atoms with Crippen LogP contribution < -0.4 is 9.64 Å². The number of rotatable bonds is 9. The van der Waals surface area contributed by atoms with Crippen molar-refractivity contribution in [1.82, 2.24) is 20.2 Å². The normalized spacial score (nSPS) is 17.1. The standard InChI is InChI=1S/C23H31N5O2/c1-2-15-27-21-13-12-20(17-18(21)11-14-23(27)29)30-16-7-6-10-22-24-25-26-28(22)19-8-4-3-5-9-19/h2,12-13,17,19H,1,3-11,14-16H2. The van der Waals surface area contributed by atoms with Gasteiger partial charge in [-0.25, -0.2) is 4.68 Å². The number of carbonyl (C=O) groups is 1. The highest BCUT2D eigenvalue weighted by Gasteiger charge is 2.23. The van der Waals surface area contributed by atoms with Gasteiger partial charge in [-0.2, -0.15) is 0 Å². The van der Waals surface area contributed by atoms with Gasteiger partial charge in [-0.3, -0.25) is 4.79 Å². The van der Waals surface area contributed by atoms with Crippen molar-refractivity contribution in [3.05, 3.63) is 42.2 Å². The summed E-state index contributed by atoms with van der Waals surface area (Å²) in [6, 6.07) is 6.49. The summed E-state index contributed by atoms with van der Waals surface area (Å²) in [5, 5.41) is 12.4. The van der Waals surface area contributed by atoms with Gasteiger partial charge in [-0.15, -0.1) is 11.7 Å². The first kappa shape index (κ1) is 20.6. The molecule has 4 rings (SSSR count). The van der Waals surface area contributed by atoms with Crippen molar-refractivity contribution in [2.45, 2.75) is 70.3 Å². The van der Waals surface area contributed by atoms with E-state index in [-0.39, 0.29) is 5.91 Å². The van der Waals surface area contributed by atoms with Crippen molar-refractivity contribution < 1.29 is 9.53 Å². The SMILES string of the molecule is C=CCN1C(=O)CCc2cc(OCCCCc3nnnn3C3CCCCC3)ccc21. The van der Waals surface area contributed by atoms with E-state index in [1.54, 1.807) is 11.0 Å². The molecule has 1 aliphatic heterocycles. The Balaban J connectivity index is 1.25. The lowest BCUT2D eigenvalue weighted by molar-refractivity contribution is -0.118. The van der Waals surface area contributed by atoms with Crippen LogP contribution in [0.1, 0.15) is 68.8 Å². The number of anilines is 1. The second kappa shape index (κ2) is 9.87. The summed E-state index contributed by atoms with van der Waals surface area (Å²) < 4.78 is 8.03. The van der Waals surface area contributed by atoms with Crippen LogP contribution in [0.15, 0.2) is 30.9 Å². The van der Waals surface area contributed by atoms with Crippen molar-refractivity contribution in [3.63, 3.8) is 0 Å². The molecule has 1 fully saturated rings. The number of ether oxygens (including phenoxy) is 1. The summed E-state index contributed by atoms with van der Waals surface area (Å²) in [5.41, 5.74) is 2.15. The van der Waals surface area contributed by atoms with E-state index >= 15 is 0 Å². The molecule has 0 bridgehead atoms. The number of carbonyl (C=O) groups excluding carboxylic acids is 1. The summed E-state index contributed by atoms with van der Waals surface area (Å²) in [5.74, 6) is 2.03. The van der Waals surface area contributed by atoms with Gasteiger partial charge >= 0.3 is 0 Å². The number of aryl methyl sites for hydroxylation is 2. The van der Waals surface area contributed by atoms with Crippen LogP contribution in [0.2, 0.25) is 0 Å². The van der Waals surface area contributed by atoms with E-state index in [0.717, 1.165) is 42.9 Å². The number of tetrazole rings is 1. The van der Waals surface area contributed by atoms with Gasteiger partial charge < -0.3 is 9.64 Å². The second-order valence-corrected chi connectivity index (χ2v) is 8.22. The summed E-state index contributed by atoms with van der Waals surface area (Å²) in [6.07, 6.45) is 12.2.